The van der Waals surface area contributed by atoms with Crippen molar-refractivity contribution in [2.45, 2.75) is 157 Å². The van der Waals surface area contributed by atoms with Crippen molar-refractivity contribution >= 4 is 140 Å². The molecule has 0 saturated carbocycles. The summed E-state index contributed by atoms with van der Waals surface area (Å²) in [5, 5.41) is 20.9. The zero-order valence-electron chi connectivity index (χ0n) is 37.7. The predicted octanol–water partition coefficient (Wildman–Crippen LogP) is 19.7. The predicted molar refractivity (Wildman–Crippen MR) is 279 cm³/mol. The Hall–Kier alpha value is -3.28. The molecule has 4 heteroatoms. The minimum atomic E-state index is -0.00901. The van der Waals surface area contributed by atoms with Crippen LogP contribution in [0.2, 0.25) is 0 Å². The molecule has 0 spiro atoms. The van der Waals surface area contributed by atoms with Gasteiger partial charge in [0, 0.05) is 81.4 Å². The van der Waals surface area contributed by atoms with E-state index in [4.69, 9.17) is 0 Å². The van der Waals surface area contributed by atoms with Crippen molar-refractivity contribution < 1.29 is 0 Å². The molecule has 4 aromatic heterocycles. The first-order valence-electron chi connectivity index (χ1n) is 23.2. The van der Waals surface area contributed by atoms with Gasteiger partial charge in [-0.3, -0.25) is 0 Å². The number of aryl methyl sites for hydroxylation is 4. The largest absolute Gasteiger partial charge is 0.140 e. The lowest BCUT2D eigenvalue weighted by atomic mass is 9.77. The van der Waals surface area contributed by atoms with Crippen molar-refractivity contribution in [3.63, 3.8) is 0 Å². The maximum atomic E-state index is 2.65. The van der Waals surface area contributed by atoms with Crippen LogP contribution in [0, 0.1) is 0 Å². The van der Waals surface area contributed by atoms with Gasteiger partial charge in [-0.1, -0.05) is 94.9 Å². The molecule has 6 aromatic carbocycles. The van der Waals surface area contributed by atoms with Crippen molar-refractivity contribution in [3.8, 4) is 0 Å². The normalized spacial score (nSPS) is 13.3. The minimum absolute atomic E-state index is 0.00901. The highest BCUT2D eigenvalue weighted by atomic mass is 32.1. The van der Waals surface area contributed by atoms with Crippen molar-refractivity contribution in [2.75, 3.05) is 0 Å². The smallest absolute Gasteiger partial charge is 0.0437 e. The van der Waals surface area contributed by atoms with E-state index in [-0.39, 0.29) is 10.8 Å². The third-order valence-corrected chi connectivity index (χ3v) is 18.4. The Kier molecular flexibility index (Phi) is 10.3. The average Bonchev–Trinajstić information content (AvgIpc) is 4.03. The van der Waals surface area contributed by atoms with Gasteiger partial charge in [-0.25, -0.2) is 0 Å². The van der Waals surface area contributed by atoms with E-state index in [1.165, 1.54) is 157 Å². The van der Waals surface area contributed by atoms with Gasteiger partial charge in [-0.2, -0.15) is 0 Å². The van der Waals surface area contributed by atoms with E-state index in [1.807, 2.05) is 0 Å². The average molecular weight is 863 g/mol. The second-order valence-electron chi connectivity index (χ2n) is 20.1. The highest BCUT2D eigenvalue weighted by Crippen LogP contribution is 2.56. The second kappa shape index (κ2) is 15.2. The first-order chi connectivity index (χ1) is 28.8. The van der Waals surface area contributed by atoms with E-state index < -0.39 is 0 Å². The Morgan fingerprint density at radius 3 is 0.750 bits per heavy atom. The zero-order valence-corrected chi connectivity index (χ0v) is 41.0. The lowest BCUT2D eigenvalue weighted by Crippen LogP contribution is -2.12. The Morgan fingerprint density at radius 2 is 0.550 bits per heavy atom. The molecule has 10 rings (SSSR count). The number of hydrogen-bond donors (Lipinski definition) is 0. The Morgan fingerprint density at radius 1 is 0.317 bits per heavy atom. The number of rotatable bonds is 12. The van der Waals surface area contributed by atoms with Crippen molar-refractivity contribution in [1.82, 2.24) is 0 Å². The van der Waals surface area contributed by atoms with Crippen LogP contribution in [0.3, 0.4) is 0 Å². The fourth-order valence-corrected chi connectivity index (χ4v) is 15.3. The van der Waals surface area contributed by atoms with E-state index in [2.05, 4.69) is 163 Å². The molecule has 0 fully saturated rings. The highest BCUT2D eigenvalue weighted by Gasteiger charge is 2.29. The van der Waals surface area contributed by atoms with Crippen LogP contribution in [-0.4, -0.2) is 0 Å². The van der Waals surface area contributed by atoms with Gasteiger partial charge in [0.1, 0.15) is 0 Å². The monoisotopic (exact) mass is 862 g/mol. The second-order valence-corrected chi connectivity index (χ2v) is 24.7. The fraction of sp³-hybridized carbons (Fsp3) is 0.429. The number of thiophene rings is 4. The summed E-state index contributed by atoms with van der Waals surface area (Å²) in [5.74, 6) is 0. The van der Waals surface area contributed by atoms with Crippen LogP contribution in [0.1, 0.15) is 151 Å². The molecular weight excluding hydrogens is 801 g/mol. The SMILES string of the molecule is CCCCc1cc2c3cc(CCCC)sc3c3c4cc(C(C)(C)C)cc5c4c4c(cc(C(C)(C)C)cc4c4c6sc(CCCC)cc6c6cc(CCCC)sc6c54)c3c2s1. The maximum Gasteiger partial charge on any atom is 0.0437 e. The summed E-state index contributed by atoms with van der Waals surface area (Å²) < 4.78 is 6.03. The van der Waals surface area contributed by atoms with Crippen molar-refractivity contribution in [1.29, 1.82) is 0 Å². The maximum absolute atomic E-state index is 2.65. The van der Waals surface area contributed by atoms with Gasteiger partial charge >= 0.3 is 0 Å². The van der Waals surface area contributed by atoms with E-state index in [9.17, 15) is 0 Å². The van der Waals surface area contributed by atoms with Gasteiger partial charge in [0.25, 0.3) is 0 Å². The molecule has 0 N–H and O–H groups in total. The molecule has 0 aliphatic heterocycles. The molecule has 0 radical (unpaired) electrons. The lowest BCUT2D eigenvalue weighted by molar-refractivity contribution is 0.591. The minimum Gasteiger partial charge on any atom is -0.140 e. The summed E-state index contributed by atoms with van der Waals surface area (Å²) in [7, 11) is 0. The van der Waals surface area contributed by atoms with Gasteiger partial charge < -0.3 is 0 Å². The molecule has 60 heavy (non-hydrogen) atoms. The van der Waals surface area contributed by atoms with Crippen LogP contribution in [0.4, 0.5) is 0 Å². The Balaban J connectivity index is 1.53. The molecule has 0 bridgehead atoms. The molecule has 0 amide bonds. The van der Waals surface area contributed by atoms with Gasteiger partial charge in [0.15, 0.2) is 0 Å². The lowest BCUT2D eigenvalue weighted by Gasteiger charge is -2.26. The summed E-state index contributed by atoms with van der Waals surface area (Å²) in [6, 6.07) is 21.0. The number of unbranched alkanes of at least 4 members (excludes halogenated alkanes) is 4. The molecule has 0 saturated heterocycles. The summed E-state index contributed by atoms with van der Waals surface area (Å²) in [4.78, 5) is 6.18. The number of fused-ring (bicyclic) bond motifs is 16. The van der Waals surface area contributed by atoms with Crippen LogP contribution in [0.15, 0.2) is 48.5 Å². The molecule has 4 heterocycles. The summed E-state index contributed by atoms with van der Waals surface area (Å²) >= 11 is 8.41. The Labute approximate surface area is 373 Å². The molecule has 10 aromatic rings. The van der Waals surface area contributed by atoms with Crippen LogP contribution >= 0.6 is 45.3 Å². The van der Waals surface area contributed by atoms with Crippen LogP contribution in [-0.2, 0) is 36.5 Å². The third kappa shape index (κ3) is 6.43. The molecular formula is C56H62S4. The first-order valence-corrected chi connectivity index (χ1v) is 26.5. The van der Waals surface area contributed by atoms with Crippen molar-refractivity contribution in [3.05, 3.63) is 79.2 Å². The van der Waals surface area contributed by atoms with Gasteiger partial charge in [0.2, 0.25) is 0 Å². The quantitative estimate of drug-likeness (QED) is 0.0848. The highest BCUT2D eigenvalue weighted by molar-refractivity contribution is 7.23. The zero-order chi connectivity index (χ0) is 41.8. The van der Waals surface area contributed by atoms with E-state index in [0.717, 1.165) is 25.7 Å². The standard InChI is InChI=1S/C56H62S4/c1-11-15-19-33-27-37-38-28-34(20-16-12-2)58-52(38)48-42-24-32(56(8,9)10)26-44-46(42)45-41(47(48)51(37)57-33)23-31(55(5,6)7)25-43(45)49-50(44)54-40(30-36(60-54)22-18-14-4)39-29-35(21-17-13-3)59-53(39)49/h23-30H,11-22H2,1-10H3. The van der Waals surface area contributed by atoms with Crippen LogP contribution in [0.5, 0.6) is 0 Å². The van der Waals surface area contributed by atoms with Gasteiger partial charge in [-0.05, 0) is 154 Å². The summed E-state index contributed by atoms with van der Waals surface area (Å²) in [6.45, 7) is 23.9. The van der Waals surface area contributed by atoms with Gasteiger partial charge in [0.05, 0.1) is 0 Å². The molecule has 0 aliphatic rings. The number of hydrogen-bond acceptors (Lipinski definition) is 4. The topological polar surface area (TPSA) is 0 Å². The molecule has 0 aliphatic carbocycles. The first kappa shape index (κ1) is 40.8. The summed E-state index contributed by atoms with van der Waals surface area (Å²) in [6.07, 6.45) is 14.5. The van der Waals surface area contributed by atoms with Crippen LogP contribution in [0.25, 0.3) is 94.2 Å². The van der Waals surface area contributed by atoms with Gasteiger partial charge in [-0.15, -0.1) is 45.3 Å². The Bertz CT molecular complexity index is 2850. The molecule has 0 atom stereocenters. The summed E-state index contributed by atoms with van der Waals surface area (Å²) in [5.41, 5.74) is 2.88. The van der Waals surface area contributed by atoms with E-state index in [1.54, 1.807) is 19.5 Å². The third-order valence-electron chi connectivity index (χ3n) is 13.6. The molecule has 0 unspecified atom stereocenters. The van der Waals surface area contributed by atoms with Crippen LogP contribution < -0.4 is 0 Å². The molecule has 0 nitrogen and oxygen atoms in total. The number of benzene rings is 6. The fourth-order valence-electron chi connectivity index (χ4n) is 10.2. The molecule has 310 valence electrons. The van der Waals surface area contributed by atoms with E-state index >= 15 is 0 Å². The van der Waals surface area contributed by atoms with E-state index in [0.29, 0.717) is 0 Å². The van der Waals surface area contributed by atoms with Crippen molar-refractivity contribution in [2.24, 2.45) is 0 Å².